The second-order valence-corrected chi connectivity index (χ2v) is 5.54. The summed E-state index contributed by atoms with van der Waals surface area (Å²) in [5.41, 5.74) is 2.09. The Morgan fingerprint density at radius 1 is 0.800 bits per heavy atom. The second-order valence-electron chi connectivity index (χ2n) is 5.54. The van der Waals surface area contributed by atoms with Crippen molar-refractivity contribution in [2.45, 2.75) is 38.9 Å². The standard InChI is InChI=1S/C14H20B2O4/c1-11-7-9-17-15(19-11)13-3-5-14(6-4-13)16-18-10-8-12(2)20-16/h3-6,11-12H,7-10H2,1-2H3. The smallest absolute Gasteiger partial charge is 0.407 e. The van der Waals surface area contributed by atoms with Gasteiger partial charge in [-0.25, -0.2) is 0 Å². The molecule has 20 heavy (non-hydrogen) atoms. The molecule has 2 aliphatic heterocycles. The van der Waals surface area contributed by atoms with E-state index in [2.05, 4.69) is 13.8 Å². The summed E-state index contributed by atoms with van der Waals surface area (Å²) in [5, 5.41) is 0. The SMILES string of the molecule is CC1CCOB(c2ccc(B3OCCC(C)O3)cc2)O1. The molecule has 0 N–H and O–H groups in total. The van der Waals surface area contributed by atoms with Gasteiger partial charge in [0, 0.05) is 25.4 Å². The lowest BCUT2D eigenvalue weighted by Crippen LogP contribution is -2.46. The lowest BCUT2D eigenvalue weighted by molar-refractivity contribution is 0.0853. The molecule has 2 heterocycles. The minimum Gasteiger partial charge on any atom is -0.407 e. The van der Waals surface area contributed by atoms with Crippen molar-refractivity contribution in [1.29, 1.82) is 0 Å². The summed E-state index contributed by atoms with van der Waals surface area (Å²) in [6, 6.07) is 8.13. The highest BCUT2D eigenvalue weighted by Crippen LogP contribution is 2.11. The van der Waals surface area contributed by atoms with Gasteiger partial charge in [0.05, 0.1) is 0 Å². The molecule has 2 fully saturated rings. The van der Waals surface area contributed by atoms with Crippen LogP contribution >= 0.6 is 0 Å². The highest BCUT2D eigenvalue weighted by atomic mass is 16.6. The van der Waals surface area contributed by atoms with Crippen molar-refractivity contribution in [2.75, 3.05) is 13.2 Å². The lowest BCUT2D eigenvalue weighted by atomic mass is 9.72. The summed E-state index contributed by atoms with van der Waals surface area (Å²) < 4.78 is 22.9. The van der Waals surface area contributed by atoms with E-state index in [0.717, 1.165) is 37.0 Å². The molecule has 0 saturated carbocycles. The molecule has 1 aromatic rings. The maximum atomic E-state index is 5.79. The zero-order valence-electron chi connectivity index (χ0n) is 12.1. The normalized spacial score (nSPS) is 27.7. The summed E-state index contributed by atoms with van der Waals surface area (Å²) in [4.78, 5) is 0. The molecule has 2 atom stereocenters. The molecule has 2 aliphatic rings. The Morgan fingerprint density at radius 2 is 1.20 bits per heavy atom. The van der Waals surface area contributed by atoms with Crippen molar-refractivity contribution < 1.29 is 18.6 Å². The van der Waals surface area contributed by atoms with Crippen molar-refractivity contribution in [3.8, 4) is 0 Å². The third kappa shape index (κ3) is 3.26. The highest BCUT2D eigenvalue weighted by molar-refractivity contribution is 6.63. The van der Waals surface area contributed by atoms with Crippen molar-refractivity contribution in [2.24, 2.45) is 0 Å². The first-order valence-electron chi connectivity index (χ1n) is 7.36. The zero-order valence-corrected chi connectivity index (χ0v) is 12.1. The maximum Gasteiger partial charge on any atom is 0.494 e. The molecule has 0 amide bonds. The molecule has 0 aromatic heterocycles. The van der Waals surface area contributed by atoms with Crippen LogP contribution < -0.4 is 10.9 Å². The summed E-state index contributed by atoms with van der Waals surface area (Å²) >= 11 is 0. The Balaban J connectivity index is 1.67. The summed E-state index contributed by atoms with van der Waals surface area (Å²) in [7, 11) is -0.500. The quantitative estimate of drug-likeness (QED) is 0.745. The predicted octanol–water partition coefficient (Wildman–Crippen LogP) is 0.728. The Labute approximate surface area is 121 Å². The predicted molar refractivity (Wildman–Crippen MR) is 79.5 cm³/mol. The third-order valence-corrected chi connectivity index (χ3v) is 3.78. The Kier molecular flexibility index (Phi) is 4.46. The first-order chi connectivity index (χ1) is 9.72. The highest BCUT2D eigenvalue weighted by Gasteiger charge is 2.30. The summed E-state index contributed by atoms with van der Waals surface area (Å²) in [6.45, 7) is 5.66. The van der Waals surface area contributed by atoms with Gasteiger partial charge in [0.15, 0.2) is 0 Å². The van der Waals surface area contributed by atoms with Crippen LogP contribution in [0.4, 0.5) is 0 Å². The Morgan fingerprint density at radius 3 is 1.55 bits per heavy atom. The van der Waals surface area contributed by atoms with E-state index in [1.807, 2.05) is 24.3 Å². The maximum absolute atomic E-state index is 5.79. The van der Waals surface area contributed by atoms with Gasteiger partial charge in [-0.2, -0.15) is 0 Å². The van der Waals surface area contributed by atoms with Gasteiger partial charge in [-0.1, -0.05) is 24.3 Å². The second kappa shape index (κ2) is 6.31. The van der Waals surface area contributed by atoms with E-state index in [0.29, 0.717) is 0 Å². The Bertz CT molecular complexity index is 398. The van der Waals surface area contributed by atoms with Crippen LogP contribution in [-0.2, 0) is 18.6 Å². The van der Waals surface area contributed by atoms with Gasteiger partial charge in [0.2, 0.25) is 0 Å². The van der Waals surface area contributed by atoms with Gasteiger partial charge in [-0.15, -0.1) is 0 Å². The van der Waals surface area contributed by atoms with Crippen LogP contribution in [0.3, 0.4) is 0 Å². The van der Waals surface area contributed by atoms with Gasteiger partial charge in [-0.05, 0) is 37.6 Å². The number of benzene rings is 1. The van der Waals surface area contributed by atoms with Crippen molar-refractivity contribution in [3.05, 3.63) is 24.3 Å². The largest absolute Gasteiger partial charge is 0.494 e. The summed E-state index contributed by atoms with van der Waals surface area (Å²) in [6.07, 6.45) is 2.41. The van der Waals surface area contributed by atoms with E-state index < -0.39 is 0 Å². The number of hydrogen-bond acceptors (Lipinski definition) is 4. The molecule has 2 unspecified atom stereocenters. The zero-order chi connectivity index (χ0) is 13.9. The van der Waals surface area contributed by atoms with E-state index in [9.17, 15) is 0 Å². The first kappa shape index (κ1) is 14.1. The molecular weight excluding hydrogens is 254 g/mol. The molecule has 3 rings (SSSR count). The van der Waals surface area contributed by atoms with Gasteiger partial charge < -0.3 is 18.6 Å². The van der Waals surface area contributed by atoms with E-state index in [4.69, 9.17) is 18.6 Å². The van der Waals surface area contributed by atoms with Gasteiger partial charge in [0.1, 0.15) is 0 Å². The average molecular weight is 274 g/mol. The van der Waals surface area contributed by atoms with Crippen LogP contribution in [0.5, 0.6) is 0 Å². The molecule has 0 aliphatic carbocycles. The fourth-order valence-electron chi connectivity index (χ4n) is 2.48. The van der Waals surface area contributed by atoms with E-state index in [-0.39, 0.29) is 26.4 Å². The van der Waals surface area contributed by atoms with Crippen LogP contribution in [0.25, 0.3) is 0 Å². The van der Waals surface area contributed by atoms with Crippen LogP contribution in [0.2, 0.25) is 0 Å². The van der Waals surface area contributed by atoms with Crippen molar-refractivity contribution in [3.63, 3.8) is 0 Å². The third-order valence-electron chi connectivity index (χ3n) is 3.78. The molecule has 1 aromatic carbocycles. The van der Waals surface area contributed by atoms with Crippen LogP contribution in [-0.4, -0.2) is 39.7 Å². The van der Waals surface area contributed by atoms with Crippen molar-refractivity contribution in [1.82, 2.24) is 0 Å². The lowest BCUT2D eigenvalue weighted by Gasteiger charge is -2.27. The molecular formula is C14H20B2O4. The average Bonchev–Trinajstić information content (AvgIpc) is 2.47. The van der Waals surface area contributed by atoms with Crippen LogP contribution in [0, 0.1) is 0 Å². The minimum atomic E-state index is -0.250. The molecule has 0 bridgehead atoms. The molecule has 0 spiro atoms. The van der Waals surface area contributed by atoms with Crippen LogP contribution in [0.1, 0.15) is 26.7 Å². The van der Waals surface area contributed by atoms with Gasteiger partial charge >= 0.3 is 14.2 Å². The molecule has 4 nitrogen and oxygen atoms in total. The summed E-state index contributed by atoms with van der Waals surface area (Å²) in [5.74, 6) is 0. The number of hydrogen-bond donors (Lipinski definition) is 0. The fourth-order valence-corrected chi connectivity index (χ4v) is 2.48. The molecule has 2 saturated heterocycles. The van der Waals surface area contributed by atoms with Gasteiger partial charge in [-0.3, -0.25) is 0 Å². The minimum absolute atomic E-state index is 0.249. The molecule has 0 radical (unpaired) electrons. The molecule has 106 valence electrons. The van der Waals surface area contributed by atoms with E-state index >= 15 is 0 Å². The first-order valence-corrected chi connectivity index (χ1v) is 7.36. The van der Waals surface area contributed by atoms with E-state index in [1.165, 1.54) is 0 Å². The van der Waals surface area contributed by atoms with Gasteiger partial charge in [0.25, 0.3) is 0 Å². The Hall–Kier alpha value is -0.810. The number of rotatable bonds is 2. The monoisotopic (exact) mass is 274 g/mol. The fraction of sp³-hybridized carbons (Fsp3) is 0.571. The van der Waals surface area contributed by atoms with Crippen LogP contribution in [0.15, 0.2) is 24.3 Å². The van der Waals surface area contributed by atoms with Crippen molar-refractivity contribution >= 4 is 25.2 Å². The topological polar surface area (TPSA) is 36.9 Å². The van der Waals surface area contributed by atoms with E-state index in [1.54, 1.807) is 0 Å². The molecule has 6 heteroatoms.